The standard InChI is InChI=1S/C20H25N3O4/c1-4-17(25)22-9-7-13(8-10-22)18(26)21-14-5-6-16(24)15(11-14)23-12-20(2,3)19(23)27/h4-6,11,13,24H,1,7-10,12H2,2-3H3,(H,21,26). The van der Waals surface area contributed by atoms with Gasteiger partial charge in [0.1, 0.15) is 5.75 Å². The SMILES string of the molecule is C=CC(=O)N1CCC(C(=O)Nc2ccc(O)c(N3CC(C)(C)C3=O)c2)CC1. The van der Waals surface area contributed by atoms with Crippen LogP contribution in [0.5, 0.6) is 5.75 Å². The summed E-state index contributed by atoms with van der Waals surface area (Å²) in [4.78, 5) is 39.6. The van der Waals surface area contributed by atoms with Crippen molar-refractivity contribution in [3.63, 3.8) is 0 Å². The number of likely N-dealkylation sites (tertiary alicyclic amines) is 1. The number of aromatic hydroxyl groups is 1. The molecule has 0 aliphatic carbocycles. The second-order valence-corrected chi connectivity index (χ2v) is 7.77. The van der Waals surface area contributed by atoms with Crippen LogP contribution >= 0.6 is 0 Å². The van der Waals surface area contributed by atoms with E-state index in [1.54, 1.807) is 17.0 Å². The minimum atomic E-state index is -0.428. The Morgan fingerprint density at radius 1 is 1.30 bits per heavy atom. The number of carbonyl (C=O) groups is 3. The summed E-state index contributed by atoms with van der Waals surface area (Å²) in [6, 6.07) is 4.72. The normalized spacial score (nSPS) is 19.4. The van der Waals surface area contributed by atoms with E-state index in [2.05, 4.69) is 11.9 Å². The summed E-state index contributed by atoms with van der Waals surface area (Å²) in [5.74, 6) is -0.457. The third-order valence-electron chi connectivity index (χ3n) is 5.26. The van der Waals surface area contributed by atoms with E-state index in [1.807, 2.05) is 13.8 Å². The number of piperidine rings is 1. The Balaban J connectivity index is 1.64. The van der Waals surface area contributed by atoms with Gasteiger partial charge in [-0.25, -0.2) is 0 Å². The molecule has 3 amide bonds. The number of nitrogens with zero attached hydrogens (tertiary/aromatic N) is 2. The van der Waals surface area contributed by atoms with Crippen molar-refractivity contribution in [3.8, 4) is 5.75 Å². The number of β-lactam (4-membered cyclic amide) rings is 1. The molecule has 0 radical (unpaired) electrons. The summed E-state index contributed by atoms with van der Waals surface area (Å²) >= 11 is 0. The number of hydrogen-bond acceptors (Lipinski definition) is 4. The Morgan fingerprint density at radius 3 is 2.52 bits per heavy atom. The fraction of sp³-hybridized carbons (Fsp3) is 0.450. The highest BCUT2D eigenvalue weighted by Crippen LogP contribution is 2.40. The first-order chi connectivity index (χ1) is 12.7. The molecule has 0 bridgehead atoms. The molecule has 2 aliphatic heterocycles. The molecule has 0 saturated carbocycles. The molecule has 7 nitrogen and oxygen atoms in total. The van der Waals surface area contributed by atoms with Crippen LogP contribution in [-0.2, 0) is 14.4 Å². The smallest absolute Gasteiger partial charge is 0.245 e. The van der Waals surface area contributed by atoms with Gasteiger partial charge in [-0.15, -0.1) is 0 Å². The number of carbonyl (C=O) groups excluding carboxylic acids is 3. The van der Waals surface area contributed by atoms with Gasteiger partial charge in [0.25, 0.3) is 0 Å². The molecule has 3 rings (SSSR count). The first-order valence-corrected chi connectivity index (χ1v) is 9.10. The Kier molecular flexibility index (Phi) is 4.95. The van der Waals surface area contributed by atoms with E-state index in [4.69, 9.17) is 0 Å². The zero-order valence-electron chi connectivity index (χ0n) is 15.7. The number of phenolic OH excluding ortho intramolecular Hbond substituents is 1. The van der Waals surface area contributed by atoms with E-state index in [9.17, 15) is 19.5 Å². The van der Waals surface area contributed by atoms with Crippen LogP contribution in [0.1, 0.15) is 26.7 Å². The van der Waals surface area contributed by atoms with Gasteiger partial charge in [0, 0.05) is 31.2 Å². The molecule has 2 heterocycles. The molecule has 1 aromatic carbocycles. The quantitative estimate of drug-likeness (QED) is 0.482. The van der Waals surface area contributed by atoms with E-state index < -0.39 is 5.41 Å². The van der Waals surface area contributed by atoms with Crippen molar-refractivity contribution in [2.24, 2.45) is 11.3 Å². The first-order valence-electron chi connectivity index (χ1n) is 9.10. The van der Waals surface area contributed by atoms with Crippen LogP contribution in [0.15, 0.2) is 30.9 Å². The minimum Gasteiger partial charge on any atom is -0.506 e. The van der Waals surface area contributed by atoms with Crippen molar-refractivity contribution < 1.29 is 19.5 Å². The molecule has 0 aromatic heterocycles. The van der Waals surface area contributed by atoms with Crippen LogP contribution < -0.4 is 10.2 Å². The predicted molar refractivity (Wildman–Crippen MR) is 102 cm³/mol. The van der Waals surface area contributed by atoms with Gasteiger partial charge in [0.15, 0.2) is 0 Å². The fourth-order valence-corrected chi connectivity index (χ4v) is 3.56. The van der Waals surface area contributed by atoms with E-state index in [0.29, 0.717) is 43.9 Å². The summed E-state index contributed by atoms with van der Waals surface area (Å²) in [5.41, 5.74) is 0.515. The fourth-order valence-electron chi connectivity index (χ4n) is 3.56. The molecule has 2 fully saturated rings. The van der Waals surface area contributed by atoms with E-state index in [0.717, 1.165) is 0 Å². The highest BCUT2D eigenvalue weighted by Gasteiger charge is 2.45. The Hall–Kier alpha value is -2.83. The Labute approximate surface area is 158 Å². The van der Waals surface area contributed by atoms with Crippen LogP contribution in [-0.4, -0.2) is 47.4 Å². The van der Waals surface area contributed by atoms with E-state index in [-0.39, 0.29) is 29.4 Å². The number of hydrogen-bond donors (Lipinski definition) is 2. The van der Waals surface area contributed by atoms with Crippen LogP contribution in [0.25, 0.3) is 0 Å². The van der Waals surface area contributed by atoms with Gasteiger partial charge in [0.2, 0.25) is 17.7 Å². The van der Waals surface area contributed by atoms with Crippen LogP contribution in [0.4, 0.5) is 11.4 Å². The summed E-state index contributed by atoms with van der Waals surface area (Å²) in [6.07, 6.45) is 2.47. The molecule has 7 heteroatoms. The molecular formula is C20H25N3O4. The van der Waals surface area contributed by atoms with Crippen molar-refractivity contribution in [3.05, 3.63) is 30.9 Å². The molecule has 2 N–H and O–H groups in total. The van der Waals surface area contributed by atoms with Crippen LogP contribution in [0.2, 0.25) is 0 Å². The van der Waals surface area contributed by atoms with Crippen molar-refractivity contribution in [2.45, 2.75) is 26.7 Å². The summed E-state index contributed by atoms with van der Waals surface area (Å²) in [5, 5.41) is 13.0. The average Bonchev–Trinajstić information content (AvgIpc) is 2.67. The molecule has 27 heavy (non-hydrogen) atoms. The van der Waals surface area contributed by atoms with Crippen molar-refractivity contribution in [1.82, 2.24) is 4.90 Å². The lowest BCUT2D eigenvalue weighted by Crippen LogP contribution is -2.58. The van der Waals surface area contributed by atoms with Crippen molar-refractivity contribution >= 4 is 29.1 Å². The van der Waals surface area contributed by atoms with Gasteiger partial charge in [-0.3, -0.25) is 14.4 Å². The topological polar surface area (TPSA) is 89.9 Å². The zero-order valence-corrected chi connectivity index (χ0v) is 15.7. The maximum absolute atomic E-state index is 12.6. The molecular weight excluding hydrogens is 346 g/mol. The molecule has 0 atom stereocenters. The molecule has 2 saturated heterocycles. The number of amides is 3. The van der Waals surface area contributed by atoms with Gasteiger partial charge in [-0.2, -0.15) is 0 Å². The third kappa shape index (κ3) is 3.67. The van der Waals surface area contributed by atoms with Gasteiger partial charge in [0.05, 0.1) is 11.1 Å². The zero-order chi connectivity index (χ0) is 19.8. The maximum atomic E-state index is 12.6. The summed E-state index contributed by atoms with van der Waals surface area (Å²) in [6.45, 7) is 8.78. The van der Waals surface area contributed by atoms with Crippen molar-refractivity contribution in [1.29, 1.82) is 0 Å². The molecule has 2 aliphatic rings. The summed E-state index contributed by atoms with van der Waals surface area (Å²) in [7, 11) is 0. The second kappa shape index (κ2) is 7.06. The van der Waals surface area contributed by atoms with E-state index >= 15 is 0 Å². The van der Waals surface area contributed by atoms with Crippen LogP contribution in [0.3, 0.4) is 0 Å². The molecule has 144 valence electrons. The van der Waals surface area contributed by atoms with Gasteiger partial charge < -0.3 is 20.2 Å². The predicted octanol–water partition coefficient (Wildman–Crippen LogP) is 2.13. The summed E-state index contributed by atoms with van der Waals surface area (Å²) < 4.78 is 0. The number of anilines is 2. The molecule has 0 unspecified atom stereocenters. The Morgan fingerprint density at radius 2 is 1.96 bits per heavy atom. The minimum absolute atomic E-state index is 0.00750. The molecule has 0 spiro atoms. The van der Waals surface area contributed by atoms with Crippen molar-refractivity contribution in [2.75, 3.05) is 29.9 Å². The monoisotopic (exact) mass is 371 g/mol. The lowest BCUT2D eigenvalue weighted by Gasteiger charge is -2.44. The van der Waals surface area contributed by atoms with Gasteiger partial charge in [-0.1, -0.05) is 6.58 Å². The highest BCUT2D eigenvalue weighted by molar-refractivity contribution is 6.05. The van der Waals surface area contributed by atoms with Gasteiger partial charge in [-0.05, 0) is 51.0 Å². The number of benzene rings is 1. The lowest BCUT2D eigenvalue weighted by molar-refractivity contribution is -0.132. The lowest BCUT2D eigenvalue weighted by atomic mass is 9.82. The molecule has 1 aromatic rings. The number of phenols is 1. The number of rotatable bonds is 4. The van der Waals surface area contributed by atoms with Crippen LogP contribution in [0, 0.1) is 11.3 Å². The third-order valence-corrected chi connectivity index (χ3v) is 5.26. The second-order valence-electron chi connectivity index (χ2n) is 7.77. The van der Waals surface area contributed by atoms with E-state index in [1.165, 1.54) is 17.0 Å². The average molecular weight is 371 g/mol. The highest BCUT2D eigenvalue weighted by atomic mass is 16.3. The maximum Gasteiger partial charge on any atom is 0.245 e. The Bertz CT molecular complexity index is 794. The number of nitrogens with one attached hydrogen (secondary N) is 1. The first kappa shape index (κ1) is 18.9. The van der Waals surface area contributed by atoms with Gasteiger partial charge >= 0.3 is 0 Å². The largest absolute Gasteiger partial charge is 0.506 e.